The lowest BCUT2D eigenvalue weighted by atomic mass is 9.70. The number of furan rings is 1. The van der Waals surface area contributed by atoms with E-state index in [0.717, 1.165) is 55.5 Å². The molecule has 2 aliphatic carbocycles. The van der Waals surface area contributed by atoms with Gasteiger partial charge in [0.2, 0.25) is 5.95 Å². The summed E-state index contributed by atoms with van der Waals surface area (Å²) in [5.74, 6) is 0.626. The average Bonchev–Trinajstić information content (AvgIpc) is 4.00. The van der Waals surface area contributed by atoms with Crippen molar-refractivity contribution in [3.63, 3.8) is 0 Å². The number of fused-ring (bicyclic) bond motifs is 17. The fourth-order valence-corrected chi connectivity index (χ4v) is 10.2. The van der Waals surface area contributed by atoms with Gasteiger partial charge in [0.05, 0.1) is 27.8 Å². The molecule has 0 bridgehead atoms. The van der Waals surface area contributed by atoms with Crippen LogP contribution in [-0.4, -0.2) is 14.5 Å². The molecule has 0 unspecified atom stereocenters. The van der Waals surface area contributed by atoms with Crippen molar-refractivity contribution >= 4 is 43.7 Å². The molecule has 1 spiro atoms. The van der Waals surface area contributed by atoms with Gasteiger partial charge >= 0.3 is 0 Å². The van der Waals surface area contributed by atoms with Crippen molar-refractivity contribution in [3.8, 4) is 50.7 Å². The van der Waals surface area contributed by atoms with Gasteiger partial charge in [-0.25, -0.2) is 9.97 Å². The summed E-state index contributed by atoms with van der Waals surface area (Å²) in [4.78, 5) is 10.9. The van der Waals surface area contributed by atoms with Crippen molar-refractivity contribution in [3.05, 3.63) is 210 Å². The van der Waals surface area contributed by atoms with E-state index in [0.29, 0.717) is 5.95 Å². The van der Waals surface area contributed by atoms with E-state index in [4.69, 9.17) is 14.4 Å². The minimum absolute atomic E-state index is 0.464. The maximum absolute atomic E-state index is 6.38. The minimum Gasteiger partial charge on any atom is -0.456 e. The molecule has 0 saturated heterocycles. The number of nitrogens with zero attached hydrogens (tertiary/aromatic N) is 3. The van der Waals surface area contributed by atoms with E-state index >= 15 is 0 Å². The molecular formula is C53H31N3O. The molecule has 0 radical (unpaired) electrons. The largest absolute Gasteiger partial charge is 0.456 e. The predicted molar refractivity (Wildman–Crippen MR) is 231 cm³/mol. The molecule has 0 saturated carbocycles. The first kappa shape index (κ1) is 30.7. The minimum atomic E-state index is -0.464. The third-order valence-electron chi connectivity index (χ3n) is 12.5. The first-order chi connectivity index (χ1) is 28.3. The first-order valence-electron chi connectivity index (χ1n) is 19.5. The zero-order chi connectivity index (χ0) is 37.2. The summed E-state index contributed by atoms with van der Waals surface area (Å²) in [6, 6.07) is 67.6. The monoisotopic (exact) mass is 725 g/mol. The molecule has 0 atom stereocenters. The molecule has 4 heteroatoms. The SMILES string of the molecule is c1ccc(-c2cc(-c3ccc4c(c3)oc3ccccc34)nc(-n3c4ccccc4c4ccc5c(c43)-c3ccccc3C53c4ccccc4-c4ccccc43)n2)cc1. The Morgan fingerprint density at radius 1 is 0.404 bits per heavy atom. The lowest BCUT2D eigenvalue weighted by Crippen LogP contribution is -2.25. The second-order valence-electron chi connectivity index (χ2n) is 15.2. The summed E-state index contributed by atoms with van der Waals surface area (Å²) in [6.07, 6.45) is 0. The van der Waals surface area contributed by atoms with Crippen molar-refractivity contribution in [1.29, 1.82) is 0 Å². The number of aromatic nitrogens is 3. The zero-order valence-corrected chi connectivity index (χ0v) is 30.6. The lowest BCUT2D eigenvalue weighted by molar-refractivity contribution is 0.669. The Labute approximate surface area is 328 Å². The van der Waals surface area contributed by atoms with Crippen LogP contribution in [0.15, 0.2) is 192 Å². The molecule has 264 valence electrons. The molecule has 3 heterocycles. The van der Waals surface area contributed by atoms with E-state index in [-0.39, 0.29) is 0 Å². The summed E-state index contributed by atoms with van der Waals surface area (Å²) in [5, 5.41) is 4.54. The Bertz CT molecular complexity index is 3440. The van der Waals surface area contributed by atoms with Gasteiger partial charge in [-0.15, -0.1) is 0 Å². The van der Waals surface area contributed by atoms with E-state index in [2.05, 4.69) is 174 Å². The molecule has 8 aromatic carbocycles. The molecule has 11 aromatic rings. The Balaban J connectivity index is 1.15. The van der Waals surface area contributed by atoms with Crippen molar-refractivity contribution in [2.45, 2.75) is 5.41 Å². The highest BCUT2D eigenvalue weighted by Gasteiger charge is 2.52. The van der Waals surface area contributed by atoms with Gasteiger partial charge in [0, 0.05) is 38.2 Å². The van der Waals surface area contributed by atoms with Gasteiger partial charge in [-0.05, 0) is 69.3 Å². The van der Waals surface area contributed by atoms with Gasteiger partial charge in [0.15, 0.2) is 0 Å². The number of para-hydroxylation sites is 2. The number of hydrogen-bond donors (Lipinski definition) is 0. The molecular weight excluding hydrogens is 695 g/mol. The van der Waals surface area contributed by atoms with Crippen LogP contribution in [0.1, 0.15) is 22.3 Å². The van der Waals surface area contributed by atoms with Crippen molar-refractivity contribution in [1.82, 2.24) is 14.5 Å². The highest BCUT2D eigenvalue weighted by Crippen LogP contribution is 2.64. The molecule has 3 aromatic heterocycles. The maximum Gasteiger partial charge on any atom is 0.235 e. The third-order valence-corrected chi connectivity index (χ3v) is 12.5. The van der Waals surface area contributed by atoms with Crippen LogP contribution in [0.3, 0.4) is 0 Å². The fourth-order valence-electron chi connectivity index (χ4n) is 10.2. The molecule has 0 aliphatic heterocycles. The van der Waals surface area contributed by atoms with Gasteiger partial charge in [0.25, 0.3) is 0 Å². The van der Waals surface area contributed by atoms with Gasteiger partial charge < -0.3 is 4.42 Å². The molecule has 0 amide bonds. The van der Waals surface area contributed by atoms with Crippen LogP contribution in [0.2, 0.25) is 0 Å². The van der Waals surface area contributed by atoms with E-state index in [1.807, 2.05) is 18.2 Å². The van der Waals surface area contributed by atoms with Gasteiger partial charge in [-0.2, -0.15) is 0 Å². The average molecular weight is 726 g/mol. The van der Waals surface area contributed by atoms with Crippen LogP contribution in [-0.2, 0) is 5.41 Å². The van der Waals surface area contributed by atoms with E-state index < -0.39 is 5.41 Å². The summed E-state index contributed by atoms with van der Waals surface area (Å²) < 4.78 is 8.70. The van der Waals surface area contributed by atoms with Crippen LogP contribution in [0.4, 0.5) is 0 Å². The standard InChI is InChI=1S/C53H31N3O/c1-2-14-32(15-3-1)45-31-46(33-26-27-38-37-19-8-13-25-48(37)57-49(38)30-33)55-52(54-45)56-47-24-12-7-18-36(47)39-28-29-44-50(51(39)56)40-20-6-11-23-43(40)53(44)41-21-9-4-16-34(41)35-17-5-10-22-42(35)53/h1-31H. The van der Waals surface area contributed by atoms with Gasteiger partial charge in [-0.1, -0.05) is 158 Å². The highest BCUT2D eigenvalue weighted by atomic mass is 16.3. The highest BCUT2D eigenvalue weighted by molar-refractivity contribution is 6.16. The second-order valence-corrected chi connectivity index (χ2v) is 15.2. The summed E-state index contributed by atoms with van der Waals surface area (Å²) in [6.45, 7) is 0. The molecule has 0 fully saturated rings. The first-order valence-corrected chi connectivity index (χ1v) is 19.5. The molecule has 13 rings (SSSR count). The van der Waals surface area contributed by atoms with E-state index in [9.17, 15) is 0 Å². The number of rotatable bonds is 3. The second kappa shape index (κ2) is 11.2. The van der Waals surface area contributed by atoms with Gasteiger partial charge in [-0.3, -0.25) is 4.57 Å². The third kappa shape index (κ3) is 4.01. The zero-order valence-electron chi connectivity index (χ0n) is 30.6. The maximum atomic E-state index is 6.38. The number of benzene rings is 8. The van der Waals surface area contributed by atoms with E-state index in [1.165, 1.54) is 55.3 Å². The van der Waals surface area contributed by atoms with E-state index in [1.54, 1.807) is 0 Å². The molecule has 4 nitrogen and oxygen atoms in total. The quantitative estimate of drug-likeness (QED) is 0.182. The van der Waals surface area contributed by atoms with Crippen LogP contribution >= 0.6 is 0 Å². The Morgan fingerprint density at radius 3 is 1.75 bits per heavy atom. The normalized spacial score (nSPS) is 13.4. The summed E-state index contributed by atoms with van der Waals surface area (Å²) in [7, 11) is 0. The molecule has 2 aliphatic rings. The van der Waals surface area contributed by atoms with Crippen LogP contribution in [0, 0.1) is 0 Å². The fraction of sp³-hybridized carbons (Fsp3) is 0.0189. The summed E-state index contributed by atoms with van der Waals surface area (Å²) in [5.41, 5.74) is 17.4. The van der Waals surface area contributed by atoms with Gasteiger partial charge in [0.1, 0.15) is 11.2 Å². The van der Waals surface area contributed by atoms with Crippen LogP contribution in [0.25, 0.3) is 94.5 Å². The number of hydrogen-bond acceptors (Lipinski definition) is 3. The Kier molecular flexibility index (Phi) is 6.07. The molecule has 0 N–H and O–H groups in total. The van der Waals surface area contributed by atoms with Crippen LogP contribution < -0.4 is 0 Å². The van der Waals surface area contributed by atoms with Crippen molar-refractivity contribution in [2.75, 3.05) is 0 Å². The summed E-state index contributed by atoms with van der Waals surface area (Å²) >= 11 is 0. The topological polar surface area (TPSA) is 43.9 Å². The smallest absolute Gasteiger partial charge is 0.235 e. The molecule has 57 heavy (non-hydrogen) atoms. The van der Waals surface area contributed by atoms with Crippen LogP contribution in [0.5, 0.6) is 0 Å². The predicted octanol–water partition coefficient (Wildman–Crippen LogP) is 13.2. The van der Waals surface area contributed by atoms with Crippen molar-refractivity contribution in [2.24, 2.45) is 0 Å². The van der Waals surface area contributed by atoms with Crippen molar-refractivity contribution < 1.29 is 4.42 Å². The lowest BCUT2D eigenvalue weighted by Gasteiger charge is -2.30. The Morgan fingerprint density at radius 2 is 0.982 bits per heavy atom. The Hall–Kier alpha value is -7.56.